The third kappa shape index (κ3) is 3.47. The van der Waals surface area contributed by atoms with E-state index in [1.165, 1.54) is 0 Å². The lowest BCUT2D eigenvalue weighted by molar-refractivity contribution is -0.143. The minimum Gasteiger partial charge on any atom is -0.481 e. The van der Waals surface area contributed by atoms with Crippen LogP contribution in [-0.4, -0.2) is 40.8 Å². The van der Waals surface area contributed by atoms with Crippen molar-refractivity contribution >= 4 is 43.6 Å². The van der Waals surface area contributed by atoms with Gasteiger partial charge in [0.1, 0.15) is 0 Å². The van der Waals surface area contributed by atoms with Crippen molar-refractivity contribution in [3.05, 3.63) is 24.3 Å². The van der Waals surface area contributed by atoms with Gasteiger partial charge in [-0.05, 0) is 12.1 Å². The molecule has 0 spiro atoms. The third-order valence-corrected chi connectivity index (χ3v) is 4.92. The molecule has 10 heteroatoms. The minimum absolute atomic E-state index is 0.257. The smallest absolute Gasteiger partial charge is 0.326 e. The van der Waals surface area contributed by atoms with E-state index in [1.807, 2.05) is 0 Å². The van der Waals surface area contributed by atoms with Crippen LogP contribution in [0.2, 0.25) is 0 Å². The summed E-state index contributed by atoms with van der Waals surface area (Å²) in [5.74, 6) is -3.35. The number of fused-ring (bicyclic) bond motifs is 1. The maximum absolute atomic E-state index is 11.9. The Balaban J connectivity index is 2.30. The molecule has 8 nitrogen and oxygen atoms in total. The average molecular weight is 331 g/mol. The van der Waals surface area contributed by atoms with Gasteiger partial charge in [0.15, 0.2) is 0 Å². The van der Waals surface area contributed by atoms with Gasteiger partial charge in [-0.25, -0.2) is 4.98 Å². The number of carbonyl (C=O) groups is 2. The first-order valence-corrected chi connectivity index (χ1v) is 7.82. The molecule has 112 valence electrons. The number of carboxylic acid groups (broad SMARTS) is 2. The maximum atomic E-state index is 11.9. The fraction of sp³-hybridized carbons (Fsp3) is 0.182. The highest BCUT2D eigenvalue weighted by Gasteiger charge is 2.37. The molecule has 0 amide bonds. The quantitative estimate of drug-likeness (QED) is 0.747. The van der Waals surface area contributed by atoms with Gasteiger partial charge in [0.25, 0.3) is 5.19 Å². The van der Waals surface area contributed by atoms with Crippen LogP contribution in [0.15, 0.2) is 24.3 Å². The van der Waals surface area contributed by atoms with Crippen LogP contribution in [0, 0.1) is 0 Å². The van der Waals surface area contributed by atoms with Gasteiger partial charge in [-0.3, -0.25) is 9.59 Å². The van der Waals surface area contributed by atoms with E-state index < -0.39 is 33.7 Å². The molecule has 1 unspecified atom stereocenters. The number of hydrogen-bond acceptors (Lipinski definition) is 7. The van der Waals surface area contributed by atoms with Crippen molar-refractivity contribution in [3.8, 4) is 5.19 Å². The lowest BCUT2D eigenvalue weighted by Crippen LogP contribution is -2.35. The summed E-state index contributed by atoms with van der Waals surface area (Å²) >= 11 is 0.919. The molecule has 0 aliphatic carbocycles. The summed E-state index contributed by atoms with van der Waals surface area (Å²) in [5.41, 5.74) is 0.498. The number of aliphatic carboxylic acids is 2. The normalized spacial score (nSPS) is 13.0. The summed E-state index contributed by atoms with van der Waals surface area (Å²) in [4.78, 5) is 25.4. The summed E-state index contributed by atoms with van der Waals surface area (Å²) in [6.45, 7) is 0. The minimum atomic E-state index is -4.65. The summed E-state index contributed by atoms with van der Waals surface area (Å²) in [5, 5.41) is 15.0. The lowest BCUT2D eigenvalue weighted by Gasteiger charge is -2.10. The average Bonchev–Trinajstić information content (AvgIpc) is 2.76. The van der Waals surface area contributed by atoms with Crippen LogP contribution in [0.1, 0.15) is 6.42 Å². The molecule has 21 heavy (non-hydrogen) atoms. The predicted octanol–water partition coefficient (Wildman–Crippen LogP) is 0.933. The first-order valence-electron chi connectivity index (χ1n) is 5.53. The summed E-state index contributed by atoms with van der Waals surface area (Å²) in [7, 11) is -4.65. The maximum Gasteiger partial charge on any atom is 0.326 e. The third-order valence-electron chi connectivity index (χ3n) is 2.45. The van der Waals surface area contributed by atoms with E-state index >= 15 is 0 Å². The van der Waals surface area contributed by atoms with Crippen LogP contribution in [0.5, 0.6) is 5.19 Å². The molecule has 2 rings (SSSR count). The molecule has 0 saturated heterocycles. The van der Waals surface area contributed by atoms with Crippen molar-refractivity contribution in [2.24, 2.45) is 0 Å². The number of thiazole rings is 1. The van der Waals surface area contributed by atoms with Gasteiger partial charge in [-0.2, -0.15) is 8.42 Å². The Labute approximate surface area is 122 Å². The molecule has 2 aromatic rings. The van der Waals surface area contributed by atoms with E-state index in [0.717, 1.165) is 11.3 Å². The Morgan fingerprint density at radius 2 is 1.95 bits per heavy atom. The van der Waals surface area contributed by atoms with Gasteiger partial charge in [-0.15, -0.1) is 0 Å². The molecule has 2 N–H and O–H groups in total. The molecular weight excluding hydrogens is 322 g/mol. The van der Waals surface area contributed by atoms with Crippen molar-refractivity contribution < 1.29 is 32.4 Å². The Bertz CT molecular complexity index is 763. The standard InChI is InChI=1S/C11H9NO7S2/c13-9(14)5-8(10(15)16)21(17,18)19-11-12-6-3-1-2-4-7(6)20-11/h1-4,8H,5H2,(H,13,14)(H,15,16). The van der Waals surface area contributed by atoms with Crippen LogP contribution in [-0.2, 0) is 19.7 Å². The van der Waals surface area contributed by atoms with Crippen molar-refractivity contribution in [1.29, 1.82) is 0 Å². The zero-order valence-electron chi connectivity index (χ0n) is 10.3. The van der Waals surface area contributed by atoms with Crippen LogP contribution < -0.4 is 4.18 Å². The summed E-state index contributed by atoms with van der Waals surface area (Å²) in [6, 6.07) is 6.75. The molecule has 0 radical (unpaired) electrons. The first-order chi connectivity index (χ1) is 9.79. The Kier molecular flexibility index (Phi) is 4.09. The van der Waals surface area contributed by atoms with Crippen molar-refractivity contribution in [1.82, 2.24) is 4.98 Å². The molecule has 0 aliphatic heterocycles. The van der Waals surface area contributed by atoms with Crippen LogP contribution in [0.25, 0.3) is 10.2 Å². The SMILES string of the molecule is O=C(O)CC(C(=O)O)S(=O)(=O)Oc1nc2ccccc2s1. The van der Waals surface area contributed by atoms with Gasteiger partial charge >= 0.3 is 22.1 Å². The van der Waals surface area contributed by atoms with Gasteiger partial charge in [0, 0.05) is 0 Å². The summed E-state index contributed by atoms with van der Waals surface area (Å²) in [6.07, 6.45) is -1.09. The number of benzene rings is 1. The fourth-order valence-corrected chi connectivity index (χ4v) is 3.58. The Hall–Kier alpha value is -2.20. The van der Waals surface area contributed by atoms with Gasteiger partial charge < -0.3 is 14.4 Å². The topological polar surface area (TPSA) is 131 Å². The largest absolute Gasteiger partial charge is 0.481 e. The van der Waals surface area contributed by atoms with Gasteiger partial charge in [0.2, 0.25) is 5.25 Å². The highest BCUT2D eigenvalue weighted by molar-refractivity contribution is 7.88. The Morgan fingerprint density at radius 1 is 1.29 bits per heavy atom. The van der Waals surface area contributed by atoms with E-state index in [1.54, 1.807) is 24.3 Å². The van der Waals surface area contributed by atoms with Crippen LogP contribution in [0.4, 0.5) is 0 Å². The number of aromatic nitrogens is 1. The Morgan fingerprint density at radius 3 is 2.52 bits per heavy atom. The van der Waals surface area contributed by atoms with E-state index in [0.29, 0.717) is 10.2 Å². The second-order valence-electron chi connectivity index (χ2n) is 3.95. The van der Waals surface area contributed by atoms with Crippen molar-refractivity contribution in [2.75, 3.05) is 0 Å². The van der Waals surface area contributed by atoms with E-state index in [2.05, 4.69) is 9.17 Å². The molecule has 0 bridgehead atoms. The molecule has 0 fully saturated rings. The van der Waals surface area contributed by atoms with Gasteiger partial charge in [-0.1, -0.05) is 23.5 Å². The molecule has 1 aromatic carbocycles. The van der Waals surface area contributed by atoms with E-state index in [4.69, 9.17) is 10.2 Å². The zero-order valence-corrected chi connectivity index (χ0v) is 11.9. The molecular formula is C11H9NO7S2. The number of para-hydroxylation sites is 1. The van der Waals surface area contributed by atoms with Crippen molar-refractivity contribution in [3.63, 3.8) is 0 Å². The molecule has 0 saturated carbocycles. The number of hydrogen-bond donors (Lipinski definition) is 2. The number of carboxylic acids is 2. The van der Waals surface area contributed by atoms with E-state index in [9.17, 15) is 18.0 Å². The highest BCUT2D eigenvalue weighted by atomic mass is 32.2. The molecule has 1 aromatic heterocycles. The van der Waals surface area contributed by atoms with Gasteiger partial charge in [0.05, 0.1) is 16.6 Å². The lowest BCUT2D eigenvalue weighted by atomic mass is 10.3. The number of nitrogens with zero attached hydrogens (tertiary/aromatic N) is 1. The van der Waals surface area contributed by atoms with Crippen molar-refractivity contribution in [2.45, 2.75) is 11.7 Å². The molecule has 0 aliphatic rings. The molecule has 1 heterocycles. The zero-order chi connectivity index (χ0) is 15.6. The van der Waals surface area contributed by atoms with E-state index in [-0.39, 0.29) is 5.19 Å². The van der Waals surface area contributed by atoms with Crippen LogP contribution in [0.3, 0.4) is 0 Å². The molecule has 1 atom stereocenters. The highest BCUT2D eigenvalue weighted by Crippen LogP contribution is 2.29. The summed E-state index contributed by atoms with van der Waals surface area (Å²) < 4.78 is 29.0. The number of rotatable bonds is 6. The monoisotopic (exact) mass is 331 g/mol. The fourth-order valence-electron chi connectivity index (χ4n) is 1.52. The second kappa shape index (κ2) is 5.66. The first kappa shape index (κ1) is 15.2. The predicted molar refractivity (Wildman–Crippen MR) is 72.8 cm³/mol. The van der Waals surface area contributed by atoms with Crippen LogP contribution >= 0.6 is 11.3 Å². The second-order valence-corrected chi connectivity index (χ2v) is 6.66.